The molecule has 0 fully saturated rings. The topological polar surface area (TPSA) is 0 Å². The molecule has 0 atom stereocenters. The van der Waals surface area contributed by atoms with Crippen molar-refractivity contribution in [2.45, 2.75) is 33.6 Å². The Labute approximate surface area is 164 Å². The Hall–Kier alpha value is -2.86. The number of hydrogen-bond donors (Lipinski definition) is 0. The van der Waals surface area contributed by atoms with Crippen LogP contribution in [0, 0.1) is 13.8 Å². The fourth-order valence-corrected chi connectivity index (χ4v) is 2.66. The Morgan fingerprint density at radius 2 is 1.04 bits per heavy atom. The van der Waals surface area contributed by atoms with Crippen LogP contribution in [-0.2, 0) is 0 Å². The molecule has 0 unspecified atom stereocenters. The van der Waals surface area contributed by atoms with Gasteiger partial charge in [0, 0.05) is 0 Å². The van der Waals surface area contributed by atoms with E-state index in [4.69, 9.17) is 0 Å². The lowest BCUT2D eigenvalue weighted by Gasteiger charge is -2.00. The quantitative estimate of drug-likeness (QED) is 0.416. The van der Waals surface area contributed by atoms with Gasteiger partial charge in [0.25, 0.3) is 0 Å². The normalized spacial score (nSPS) is 12.0. The van der Waals surface area contributed by atoms with Crippen molar-refractivity contribution >= 4 is 0 Å². The minimum atomic E-state index is 1.23. The second-order valence-electron chi connectivity index (χ2n) is 6.81. The number of allylic oxidation sites excluding steroid dienone is 4. The molecule has 0 spiro atoms. The third-order valence-corrected chi connectivity index (χ3v) is 4.28. The van der Waals surface area contributed by atoms with Crippen molar-refractivity contribution in [1.82, 2.24) is 0 Å². The average molecular weight is 355 g/mol. The van der Waals surface area contributed by atoms with Gasteiger partial charge in [-0.15, -0.1) is 0 Å². The average Bonchev–Trinajstić information content (AvgIpc) is 2.71. The van der Waals surface area contributed by atoms with E-state index in [0.717, 1.165) is 0 Å². The van der Waals surface area contributed by atoms with Crippen LogP contribution < -0.4 is 0 Å². The van der Waals surface area contributed by atoms with Crippen LogP contribution in [0.15, 0.2) is 109 Å². The zero-order chi connectivity index (χ0) is 19.3. The molecule has 0 nitrogen and oxygen atoms in total. The van der Waals surface area contributed by atoms with Gasteiger partial charge in [-0.1, -0.05) is 120 Å². The number of rotatable bonds is 1. The highest BCUT2D eigenvalue weighted by Crippen LogP contribution is 2.18. The maximum Gasteiger partial charge on any atom is -0.0184 e. The summed E-state index contributed by atoms with van der Waals surface area (Å²) in [5.74, 6) is 0. The SMILES string of the molecule is CC1=CCCC=C1.Cc1ccc(-c2ccccc2)cc1.Cc1ccccc1. The van der Waals surface area contributed by atoms with E-state index in [1.807, 2.05) is 24.3 Å². The molecule has 0 bridgehead atoms. The summed E-state index contributed by atoms with van der Waals surface area (Å²) in [7, 11) is 0. The molecule has 0 saturated heterocycles. The van der Waals surface area contributed by atoms with Crippen LogP contribution in [-0.4, -0.2) is 0 Å². The standard InChI is InChI=1S/C13H12.C7H10.C7H8/c1-11-7-9-13(10-8-11)12-5-3-2-4-6-12;2*1-7-5-3-2-4-6-7/h2-10H,1H3;3,5-6H,2,4H2,1H3;2-6H,1H3. The first-order chi connectivity index (χ1) is 13.1. The summed E-state index contributed by atoms with van der Waals surface area (Å²) in [4.78, 5) is 0. The van der Waals surface area contributed by atoms with Crippen LogP contribution in [0.2, 0.25) is 0 Å². The molecule has 1 aliphatic rings. The molecule has 0 N–H and O–H groups in total. The summed E-state index contributed by atoms with van der Waals surface area (Å²) < 4.78 is 0. The summed E-state index contributed by atoms with van der Waals surface area (Å²) in [5, 5.41) is 0. The smallest absolute Gasteiger partial charge is 0.0184 e. The van der Waals surface area contributed by atoms with Gasteiger partial charge in [-0.2, -0.15) is 0 Å². The van der Waals surface area contributed by atoms with Crippen LogP contribution in [0.1, 0.15) is 30.9 Å². The molecule has 3 aromatic rings. The third-order valence-electron chi connectivity index (χ3n) is 4.28. The Morgan fingerprint density at radius 1 is 0.519 bits per heavy atom. The fourth-order valence-electron chi connectivity index (χ4n) is 2.66. The van der Waals surface area contributed by atoms with E-state index in [1.165, 1.54) is 40.7 Å². The van der Waals surface area contributed by atoms with Crippen molar-refractivity contribution in [3.05, 3.63) is 120 Å². The van der Waals surface area contributed by atoms with Gasteiger partial charge in [0.15, 0.2) is 0 Å². The summed E-state index contributed by atoms with van der Waals surface area (Å²) >= 11 is 0. The molecule has 0 aromatic heterocycles. The first-order valence-electron chi connectivity index (χ1n) is 9.62. The van der Waals surface area contributed by atoms with E-state index in [2.05, 4.69) is 99.7 Å². The first-order valence-corrected chi connectivity index (χ1v) is 9.62. The molecule has 3 aromatic carbocycles. The molecule has 1 aliphatic carbocycles. The largest absolute Gasteiger partial charge is 0.0840 e. The Kier molecular flexibility index (Phi) is 8.86. The second-order valence-corrected chi connectivity index (χ2v) is 6.81. The first kappa shape index (κ1) is 20.5. The van der Waals surface area contributed by atoms with E-state index in [1.54, 1.807) is 0 Å². The maximum atomic E-state index is 2.26. The molecule has 0 saturated carbocycles. The number of benzene rings is 3. The third kappa shape index (κ3) is 8.37. The highest BCUT2D eigenvalue weighted by atomic mass is 14.0. The van der Waals surface area contributed by atoms with Crippen molar-refractivity contribution in [1.29, 1.82) is 0 Å². The molecule has 0 amide bonds. The van der Waals surface area contributed by atoms with E-state index >= 15 is 0 Å². The van der Waals surface area contributed by atoms with Gasteiger partial charge in [0.05, 0.1) is 0 Å². The molecule has 0 heterocycles. The van der Waals surface area contributed by atoms with Crippen molar-refractivity contribution < 1.29 is 0 Å². The van der Waals surface area contributed by atoms with Crippen molar-refractivity contribution in [2.24, 2.45) is 0 Å². The zero-order valence-corrected chi connectivity index (χ0v) is 16.7. The van der Waals surface area contributed by atoms with Gasteiger partial charge in [0.2, 0.25) is 0 Å². The highest BCUT2D eigenvalue weighted by molar-refractivity contribution is 5.63. The molecule has 27 heavy (non-hydrogen) atoms. The van der Waals surface area contributed by atoms with Gasteiger partial charge < -0.3 is 0 Å². The van der Waals surface area contributed by atoms with Crippen LogP contribution in [0.25, 0.3) is 11.1 Å². The molecular formula is C27H30. The maximum absolute atomic E-state index is 2.26. The monoisotopic (exact) mass is 354 g/mol. The molecule has 138 valence electrons. The molecule has 4 rings (SSSR count). The lowest BCUT2D eigenvalue weighted by Crippen LogP contribution is -1.76. The van der Waals surface area contributed by atoms with Crippen LogP contribution >= 0.6 is 0 Å². The minimum Gasteiger partial charge on any atom is -0.0840 e. The van der Waals surface area contributed by atoms with E-state index < -0.39 is 0 Å². The summed E-state index contributed by atoms with van der Waals surface area (Å²) in [6.07, 6.45) is 9.12. The predicted octanol–water partition coefficient (Wildman–Crippen LogP) is 7.94. The fraction of sp³-hybridized carbons (Fsp3) is 0.185. The van der Waals surface area contributed by atoms with E-state index in [0.29, 0.717) is 0 Å². The zero-order valence-electron chi connectivity index (χ0n) is 16.7. The molecule has 0 aliphatic heterocycles. The summed E-state index contributed by atoms with van der Waals surface area (Å²) in [6, 6.07) is 29.3. The van der Waals surface area contributed by atoms with Crippen molar-refractivity contribution in [2.75, 3.05) is 0 Å². The van der Waals surface area contributed by atoms with Gasteiger partial charge in [-0.25, -0.2) is 0 Å². The summed E-state index contributed by atoms with van der Waals surface area (Å²) in [5.41, 5.74) is 6.60. The van der Waals surface area contributed by atoms with Crippen LogP contribution in [0.3, 0.4) is 0 Å². The Morgan fingerprint density at radius 3 is 1.44 bits per heavy atom. The Bertz CT molecular complexity index is 822. The van der Waals surface area contributed by atoms with Gasteiger partial charge >= 0.3 is 0 Å². The molecular weight excluding hydrogens is 324 g/mol. The second kappa shape index (κ2) is 11.7. The summed E-state index contributed by atoms with van der Waals surface area (Å²) in [6.45, 7) is 6.32. The predicted molar refractivity (Wildman–Crippen MR) is 120 cm³/mol. The number of aryl methyl sites for hydroxylation is 2. The highest BCUT2D eigenvalue weighted by Gasteiger charge is 1.93. The van der Waals surface area contributed by atoms with E-state index in [9.17, 15) is 0 Å². The van der Waals surface area contributed by atoms with Gasteiger partial charge in [0.1, 0.15) is 0 Å². The molecule has 0 radical (unpaired) electrons. The lowest BCUT2D eigenvalue weighted by molar-refractivity contribution is 1.02. The van der Waals surface area contributed by atoms with Gasteiger partial charge in [-0.3, -0.25) is 0 Å². The Balaban J connectivity index is 0.000000159. The van der Waals surface area contributed by atoms with E-state index in [-0.39, 0.29) is 0 Å². The minimum absolute atomic E-state index is 1.23. The number of hydrogen-bond acceptors (Lipinski definition) is 0. The van der Waals surface area contributed by atoms with Crippen molar-refractivity contribution in [3.63, 3.8) is 0 Å². The van der Waals surface area contributed by atoms with Crippen LogP contribution in [0.4, 0.5) is 0 Å². The van der Waals surface area contributed by atoms with Crippen LogP contribution in [0.5, 0.6) is 0 Å². The lowest BCUT2D eigenvalue weighted by atomic mass is 10.0. The van der Waals surface area contributed by atoms with Crippen molar-refractivity contribution in [3.8, 4) is 11.1 Å². The van der Waals surface area contributed by atoms with Gasteiger partial charge in [-0.05, 0) is 44.7 Å². The molecule has 0 heteroatoms.